The second-order valence-electron chi connectivity index (χ2n) is 8.81. The van der Waals surface area contributed by atoms with Crippen LogP contribution in [0.3, 0.4) is 0 Å². The van der Waals surface area contributed by atoms with Crippen molar-refractivity contribution in [3.63, 3.8) is 0 Å². The second-order valence-corrected chi connectivity index (χ2v) is 8.81. The van der Waals surface area contributed by atoms with Crippen molar-refractivity contribution < 1.29 is 28.3 Å². The van der Waals surface area contributed by atoms with Crippen LogP contribution in [0, 0.1) is 0 Å². The molecule has 40 heavy (non-hydrogen) atoms. The van der Waals surface area contributed by atoms with E-state index in [0.717, 1.165) is 18.5 Å². The van der Waals surface area contributed by atoms with Crippen LogP contribution in [0.4, 0.5) is 9.18 Å². The van der Waals surface area contributed by atoms with Gasteiger partial charge in [-0.2, -0.15) is 0 Å². The van der Waals surface area contributed by atoms with Gasteiger partial charge in [0.2, 0.25) is 5.91 Å². The Morgan fingerprint density at radius 2 is 1.93 bits per heavy atom. The van der Waals surface area contributed by atoms with Crippen molar-refractivity contribution in [1.82, 2.24) is 20.5 Å². The summed E-state index contributed by atoms with van der Waals surface area (Å²) in [6, 6.07) is 10.4. The fourth-order valence-corrected chi connectivity index (χ4v) is 3.78. The van der Waals surface area contributed by atoms with E-state index in [1.165, 1.54) is 17.3 Å². The second kappa shape index (κ2) is 17.1. The number of Topliss-reactive ketones (excluding diaryl/α,β-unsaturated/α-hetero) is 1. The highest BCUT2D eigenvalue weighted by Gasteiger charge is 2.38. The van der Waals surface area contributed by atoms with Crippen LogP contribution in [-0.2, 0) is 25.7 Å². The van der Waals surface area contributed by atoms with Gasteiger partial charge in [-0.05, 0) is 30.9 Å². The van der Waals surface area contributed by atoms with Gasteiger partial charge in [-0.3, -0.25) is 24.4 Å². The van der Waals surface area contributed by atoms with Gasteiger partial charge in [0.15, 0.2) is 11.7 Å². The quantitative estimate of drug-likeness (QED) is 0.236. The van der Waals surface area contributed by atoms with Crippen molar-refractivity contribution >= 4 is 29.7 Å². The van der Waals surface area contributed by atoms with E-state index in [0.29, 0.717) is 24.9 Å². The van der Waals surface area contributed by atoms with Crippen LogP contribution in [0.1, 0.15) is 43.4 Å². The summed E-state index contributed by atoms with van der Waals surface area (Å²) in [5, 5.41) is 4.94. The molecule has 1 aliphatic heterocycles. The van der Waals surface area contributed by atoms with Gasteiger partial charge in [0.05, 0.1) is 6.54 Å². The molecule has 1 aliphatic rings. The molecule has 1 fully saturated rings. The number of hydrogen-bond donors (Lipinski definition) is 4. The van der Waals surface area contributed by atoms with Gasteiger partial charge in [-0.15, -0.1) is 0 Å². The number of nitrogens with one attached hydrogen (secondary N) is 2. The Morgan fingerprint density at radius 1 is 1.18 bits per heavy atom. The van der Waals surface area contributed by atoms with Crippen molar-refractivity contribution in [2.75, 3.05) is 26.3 Å². The van der Waals surface area contributed by atoms with Crippen LogP contribution < -0.4 is 22.1 Å². The minimum absolute atomic E-state index is 0.0258. The molecule has 2 heterocycles. The average Bonchev–Trinajstić information content (AvgIpc) is 3.47. The first kappa shape index (κ1) is 31.7. The monoisotopic (exact) mass is 557 g/mol. The Kier molecular flexibility index (Phi) is 13.6. The highest BCUT2D eigenvalue weighted by atomic mass is 19.1. The first-order chi connectivity index (χ1) is 19.3. The van der Waals surface area contributed by atoms with E-state index in [-0.39, 0.29) is 12.6 Å². The lowest BCUT2D eigenvalue weighted by atomic mass is 10.1. The molecule has 0 aliphatic carbocycles. The lowest BCUT2D eigenvalue weighted by Crippen LogP contribution is -2.50. The number of amides is 3. The molecule has 3 rings (SSSR count). The summed E-state index contributed by atoms with van der Waals surface area (Å²) in [7, 11) is 0. The highest BCUT2D eigenvalue weighted by molar-refractivity contribution is 5.94. The summed E-state index contributed by atoms with van der Waals surface area (Å²) >= 11 is 0. The molecule has 6 N–H and O–H groups in total. The van der Waals surface area contributed by atoms with E-state index in [1.807, 2.05) is 25.1 Å². The van der Waals surface area contributed by atoms with E-state index >= 15 is 0 Å². The molecule has 1 aromatic carbocycles. The fourth-order valence-electron chi connectivity index (χ4n) is 3.78. The molecule has 13 heteroatoms. The Balaban J connectivity index is 0.000000708. The number of benzene rings is 1. The number of pyridine rings is 1. The molecule has 3 amide bonds. The molecule has 2 unspecified atom stereocenters. The smallest absolute Gasteiger partial charge is 0.408 e. The molecule has 1 saturated heterocycles. The summed E-state index contributed by atoms with van der Waals surface area (Å²) in [6.07, 6.45) is 4.14. The third-order valence-corrected chi connectivity index (χ3v) is 5.70. The van der Waals surface area contributed by atoms with Gasteiger partial charge in [0.1, 0.15) is 25.4 Å². The van der Waals surface area contributed by atoms with Gasteiger partial charge >= 0.3 is 6.09 Å². The molecule has 0 saturated carbocycles. The molecule has 12 nitrogen and oxygen atoms in total. The van der Waals surface area contributed by atoms with E-state index in [9.17, 15) is 23.6 Å². The zero-order valence-electron chi connectivity index (χ0n) is 22.4. The number of aromatic nitrogens is 1. The fraction of sp³-hybridized carbons (Fsp3) is 0.407. The molecule has 0 radical (unpaired) electrons. The van der Waals surface area contributed by atoms with Crippen molar-refractivity contribution in [2.45, 2.75) is 44.9 Å². The summed E-state index contributed by atoms with van der Waals surface area (Å²) in [6.45, 7) is 1.47. The predicted molar refractivity (Wildman–Crippen MR) is 146 cm³/mol. The Bertz CT molecular complexity index is 1130. The number of hydrogen-bond acceptors (Lipinski definition) is 7. The molecule has 0 spiro atoms. The molecule has 1 aromatic heterocycles. The minimum Gasteiger partial charge on any atom is -0.445 e. The summed E-state index contributed by atoms with van der Waals surface area (Å²) in [4.78, 5) is 58.6. The Hall–Kier alpha value is -4.55. The van der Waals surface area contributed by atoms with Gasteiger partial charge in [0, 0.05) is 31.0 Å². The first-order valence-corrected chi connectivity index (χ1v) is 12.8. The standard InChI is InChI=1S/C23H25FN4O5.C4H11N3/c24-12-18(29)14-26-21(30)19-9-5-11-28(19)22(31)20(17-8-4-10-25-13-17)27-23(32)33-15-16-6-2-1-3-7-16;1-2-3-7-4(5)6/h1-4,6-8,10,13,19-20H,5,9,11-12,14-15H2,(H,26,30)(H,27,32);2-3H2,1H3,(H4,5,6,7). The number of nitrogens with zero attached hydrogens (tertiary/aromatic N) is 3. The number of guanidine groups is 1. The van der Waals surface area contributed by atoms with Crippen molar-refractivity contribution in [3.8, 4) is 0 Å². The average molecular weight is 558 g/mol. The van der Waals surface area contributed by atoms with Gasteiger partial charge in [0.25, 0.3) is 5.91 Å². The maximum atomic E-state index is 13.4. The highest BCUT2D eigenvalue weighted by Crippen LogP contribution is 2.24. The van der Waals surface area contributed by atoms with Gasteiger partial charge < -0.3 is 31.7 Å². The third kappa shape index (κ3) is 10.7. The molecule has 216 valence electrons. The SMILES string of the molecule is CCCN=C(N)N.O=C(CF)CNC(=O)C1CCCN1C(=O)C(NC(=O)OCc1ccccc1)c1cccnc1. The molecule has 0 bridgehead atoms. The number of carbonyl (C=O) groups is 4. The van der Waals surface area contributed by atoms with E-state index in [4.69, 9.17) is 16.2 Å². The molecular weight excluding hydrogens is 521 g/mol. The molecule has 2 aromatic rings. The first-order valence-electron chi connectivity index (χ1n) is 12.8. The van der Waals surface area contributed by atoms with Gasteiger partial charge in [-0.1, -0.05) is 43.3 Å². The number of alkyl halides is 1. The van der Waals surface area contributed by atoms with Crippen LogP contribution in [0.5, 0.6) is 0 Å². The molecule has 2 atom stereocenters. The number of ether oxygens (including phenoxy) is 1. The number of nitrogens with two attached hydrogens (primary N) is 2. The van der Waals surface area contributed by atoms with E-state index in [1.54, 1.807) is 24.3 Å². The number of aliphatic imine (C=N–C) groups is 1. The number of carbonyl (C=O) groups excluding carboxylic acids is 4. The zero-order valence-corrected chi connectivity index (χ0v) is 22.4. The maximum Gasteiger partial charge on any atom is 0.408 e. The van der Waals surface area contributed by atoms with Crippen molar-refractivity contribution in [2.24, 2.45) is 16.5 Å². The summed E-state index contributed by atoms with van der Waals surface area (Å²) in [5.41, 5.74) is 11.2. The Morgan fingerprint density at radius 3 is 2.52 bits per heavy atom. The largest absolute Gasteiger partial charge is 0.445 e. The van der Waals surface area contributed by atoms with Crippen LogP contribution in [-0.4, -0.2) is 71.9 Å². The van der Waals surface area contributed by atoms with Gasteiger partial charge in [-0.25, -0.2) is 9.18 Å². The van der Waals surface area contributed by atoms with Crippen LogP contribution >= 0.6 is 0 Å². The number of alkyl carbamates (subject to hydrolysis) is 1. The number of halogens is 1. The Labute approximate surface area is 232 Å². The number of likely N-dealkylation sites (tertiary alicyclic amines) is 1. The van der Waals surface area contributed by atoms with Crippen LogP contribution in [0.2, 0.25) is 0 Å². The van der Waals surface area contributed by atoms with Crippen molar-refractivity contribution in [1.29, 1.82) is 0 Å². The number of ketones is 1. The van der Waals surface area contributed by atoms with Crippen molar-refractivity contribution in [3.05, 3.63) is 66.0 Å². The molecular formula is C27H36FN7O5. The summed E-state index contributed by atoms with van der Waals surface area (Å²) in [5.74, 6) is -1.62. The summed E-state index contributed by atoms with van der Waals surface area (Å²) < 4.78 is 17.6. The normalized spacial score (nSPS) is 14.7. The van der Waals surface area contributed by atoms with Crippen LogP contribution in [0.25, 0.3) is 0 Å². The van der Waals surface area contributed by atoms with E-state index in [2.05, 4.69) is 20.6 Å². The third-order valence-electron chi connectivity index (χ3n) is 5.70. The maximum absolute atomic E-state index is 13.4. The van der Waals surface area contributed by atoms with E-state index < -0.39 is 49.0 Å². The zero-order chi connectivity index (χ0) is 29.3. The topological polar surface area (TPSA) is 182 Å². The lowest BCUT2D eigenvalue weighted by molar-refractivity contribution is -0.140. The lowest BCUT2D eigenvalue weighted by Gasteiger charge is -2.28. The minimum atomic E-state index is -1.17. The number of rotatable bonds is 11. The van der Waals surface area contributed by atoms with Crippen LogP contribution in [0.15, 0.2) is 59.9 Å². The predicted octanol–water partition coefficient (Wildman–Crippen LogP) is 1.36.